The Labute approximate surface area is 173 Å². The van der Waals surface area contributed by atoms with Crippen molar-refractivity contribution in [1.82, 2.24) is 4.72 Å². The van der Waals surface area contributed by atoms with E-state index in [4.69, 9.17) is 0 Å². The van der Waals surface area contributed by atoms with E-state index in [0.29, 0.717) is 6.42 Å². The van der Waals surface area contributed by atoms with E-state index in [0.717, 1.165) is 23.3 Å². The zero-order valence-electron chi connectivity index (χ0n) is 15.9. The van der Waals surface area contributed by atoms with Gasteiger partial charge in [-0.1, -0.05) is 48.5 Å². The molecule has 0 aliphatic rings. The molecule has 0 saturated heterocycles. The molecule has 0 unspecified atom stereocenters. The van der Waals surface area contributed by atoms with E-state index in [9.17, 15) is 22.0 Å². The second-order valence-electron chi connectivity index (χ2n) is 6.60. The molecule has 30 heavy (non-hydrogen) atoms. The summed E-state index contributed by atoms with van der Waals surface area (Å²) in [4.78, 5) is 12.1. The quantitative estimate of drug-likeness (QED) is 0.567. The first-order valence-electron chi connectivity index (χ1n) is 9.21. The highest BCUT2D eigenvalue weighted by molar-refractivity contribution is 7.89. The highest BCUT2D eigenvalue weighted by Crippen LogP contribution is 2.19. The molecule has 0 fully saturated rings. The number of sulfonamides is 1. The summed E-state index contributed by atoms with van der Waals surface area (Å²) in [7, 11) is -3.67. The molecule has 0 aliphatic carbocycles. The number of aryl methyl sites for hydroxylation is 1. The van der Waals surface area contributed by atoms with Crippen LogP contribution in [0.4, 0.5) is 14.5 Å². The molecule has 2 N–H and O–H groups in total. The average molecular weight is 430 g/mol. The molecule has 5 nitrogen and oxygen atoms in total. The molecule has 0 atom stereocenters. The number of amides is 1. The van der Waals surface area contributed by atoms with Crippen molar-refractivity contribution in [1.29, 1.82) is 0 Å². The summed E-state index contributed by atoms with van der Waals surface area (Å²) in [5.74, 6) is -2.23. The maximum atomic E-state index is 13.6. The van der Waals surface area contributed by atoms with Gasteiger partial charge in [0.05, 0.1) is 4.90 Å². The Morgan fingerprint density at radius 1 is 0.800 bits per heavy atom. The minimum atomic E-state index is -3.67. The first kappa shape index (κ1) is 21.6. The van der Waals surface area contributed by atoms with Crippen LogP contribution in [0.2, 0.25) is 0 Å². The van der Waals surface area contributed by atoms with Gasteiger partial charge in [0.1, 0.15) is 17.3 Å². The Morgan fingerprint density at radius 3 is 2.07 bits per heavy atom. The van der Waals surface area contributed by atoms with Crippen LogP contribution < -0.4 is 10.0 Å². The summed E-state index contributed by atoms with van der Waals surface area (Å²) in [6.45, 7) is 0.178. The number of carbonyl (C=O) groups excluding carboxylic acids is 1. The van der Waals surface area contributed by atoms with Crippen LogP contribution in [0.3, 0.4) is 0 Å². The maximum absolute atomic E-state index is 13.6. The number of nitrogens with one attached hydrogen (secondary N) is 2. The fourth-order valence-electron chi connectivity index (χ4n) is 2.77. The number of carbonyl (C=O) groups is 1. The van der Waals surface area contributed by atoms with Gasteiger partial charge >= 0.3 is 0 Å². The van der Waals surface area contributed by atoms with Crippen LogP contribution in [0.1, 0.15) is 17.5 Å². The highest BCUT2D eigenvalue weighted by Gasteiger charge is 2.14. The highest BCUT2D eigenvalue weighted by atomic mass is 32.2. The lowest BCUT2D eigenvalue weighted by molar-refractivity contribution is -0.116. The molecule has 0 aromatic heterocycles. The third kappa shape index (κ3) is 5.71. The molecule has 0 saturated carbocycles. The van der Waals surface area contributed by atoms with Crippen LogP contribution in [-0.2, 0) is 27.8 Å². The van der Waals surface area contributed by atoms with Crippen LogP contribution in [0.25, 0.3) is 0 Å². The number of para-hydroxylation sites is 1. The Hall–Kier alpha value is -3.10. The second-order valence-corrected chi connectivity index (χ2v) is 8.37. The number of rotatable bonds is 8. The number of hydrogen-bond donors (Lipinski definition) is 2. The van der Waals surface area contributed by atoms with Gasteiger partial charge in [0.2, 0.25) is 15.9 Å². The van der Waals surface area contributed by atoms with Crippen LogP contribution >= 0.6 is 0 Å². The van der Waals surface area contributed by atoms with Crippen molar-refractivity contribution in [3.05, 3.63) is 95.6 Å². The Bertz CT molecular complexity index is 1100. The van der Waals surface area contributed by atoms with E-state index in [1.807, 2.05) is 30.3 Å². The minimum Gasteiger partial charge on any atom is -0.321 e. The first-order valence-corrected chi connectivity index (χ1v) is 10.7. The van der Waals surface area contributed by atoms with Gasteiger partial charge in [0.15, 0.2) is 0 Å². The summed E-state index contributed by atoms with van der Waals surface area (Å²) in [6, 6.07) is 18.6. The SMILES string of the molecule is O=C(CCc1ccc(S(=O)(=O)NCc2ccccc2)cc1)Nc1c(F)cccc1F. The topological polar surface area (TPSA) is 75.3 Å². The summed E-state index contributed by atoms with van der Waals surface area (Å²) >= 11 is 0. The summed E-state index contributed by atoms with van der Waals surface area (Å²) in [5, 5.41) is 2.22. The second kappa shape index (κ2) is 9.60. The van der Waals surface area contributed by atoms with Crippen molar-refractivity contribution < 1.29 is 22.0 Å². The third-order valence-corrected chi connectivity index (χ3v) is 5.83. The average Bonchev–Trinajstić information content (AvgIpc) is 2.75. The van der Waals surface area contributed by atoms with Gasteiger partial charge in [-0.05, 0) is 41.8 Å². The molecule has 8 heteroatoms. The molecule has 3 aromatic rings. The minimum absolute atomic E-state index is 0.00781. The van der Waals surface area contributed by atoms with Crippen molar-refractivity contribution in [2.45, 2.75) is 24.3 Å². The standard InChI is InChI=1S/C22H20F2N2O3S/c23-19-7-4-8-20(24)22(19)26-21(27)14-11-16-9-12-18(13-10-16)30(28,29)25-15-17-5-2-1-3-6-17/h1-10,12-13,25H,11,14-15H2,(H,26,27). The van der Waals surface area contributed by atoms with Crippen LogP contribution in [0.5, 0.6) is 0 Å². The van der Waals surface area contributed by atoms with Gasteiger partial charge in [-0.15, -0.1) is 0 Å². The zero-order valence-corrected chi connectivity index (χ0v) is 16.8. The number of anilines is 1. The maximum Gasteiger partial charge on any atom is 0.240 e. The fourth-order valence-corrected chi connectivity index (χ4v) is 3.79. The Morgan fingerprint density at radius 2 is 1.43 bits per heavy atom. The van der Waals surface area contributed by atoms with Gasteiger partial charge in [-0.25, -0.2) is 21.9 Å². The van der Waals surface area contributed by atoms with E-state index in [2.05, 4.69) is 10.0 Å². The largest absolute Gasteiger partial charge is 0.321 e. The number of hydrogen-bond acceptors (Lipinski definition) is 3. The van der Waals surface area contributed by atoms with E-state index in [1.165, 1.54) is 18.2 Å². The summed E-state index contributed by atoms with van der Waals surface area (Å²) in [5.41, 5.74) is 1.09. The number of halogens is 2. The van der Waals surface area contributed by atoms with Gasteiger partial charge in [0, 0.05) is 13.0 Å². The van der Waals surface area contributed by atoms with E-state index >= 15 is 0 Å². The summed E-state index contributed by atoms with van der Waals surface area (Å²) < 4.78 is 54.5. The molecule has 3 aromatic carbocycles. The van der Waals surface area contributed by atoms with Crippen molar-refractivity contribution in [2.75, 3.05) is 5.32 Å². The summed E-state index contributed by atoms with van der Waals surface area (Å²) in [6.07, 6.45) is 0.284. The first-order chi connectivity index (χ1) is 14.3. The Kier molecular flexibility index (Phi) is 6.91. The molecular weight excluding hydrogens is 410 g/mol. The predicted octanol–water partition coefficient (Wildman–Crippen LogP) is 4.01. The lowest BCUT2D eigenvalue weighted by Gasteiger charge is -2.09. The predicted molar refractivity (Wildman–Crippen MR) is 110 cm³/mol. The lowest BCUT2D eigenvalue weighted by Crippen LogP contribution is -2.23. The van der Waals surface area contributed by atoms with Crippen LogP contribution in [0, 0.1) is 11.6 Å². The molecule has 156 valence electrons. The van der Waals surface area contributed by atoms with Gasteiger partial charge in [-0.3, -0.25) is 4.79 Å². The Balaban J connectivity index is 1.55. The monoisotopic (exact) mass is 430 g/mol. The fraction of sp³-hybridized carbons (Fsp3) is 0.136. The molecule has 0 bridgehead atoms. The number of benzene rings is 3. The van der Waals surface area contributed by atoms with E-state index < -0.39 is 33.3 Å². The van der Waals surface area contributed by atoms with E-state index in [-0.39, 0.29) is 17.9 Å². The van der Waals surface area contributed by atoms with Gasteiger partial charge in [0.25, 0.3) is 0 Å². The molecule has 0 heterocycles. The van der Waals surface area contributed by atoms with Crippen molar-refractivity contribution in [3.8, 4) is 0 Å². The third-order valence-electron chi connectivity index (χ3n) is 4.41. The van der Waals surface area contributed by atoms with Crippen LogP contribution in [-0.4, -0.2) is 14.3 Å². The molecule has 0 spiro atoms. The van der Waals surface area contributed by atoms with Crippen LogP contribution in [0.15, 0.2) is 77.7 Å². The molecule has 1 amide bonds. The molecule has 3 rings (SSSR count). The molecule has 0 aliphatic heterocycles. The van der Waals surface area contributed by atoms with Gasteiger partial charge < -0.3 is 5.32 Å². The smallest absolute Gasteiger partial charge is 0.240 e. The molecular formula is C22H20F2N2O3S. The molecule has 0 radical (unpaired) electrons. The van der Waals surface area contributed by atoms with Gasteiger partial charge in [-0.2, -0.15) is 0 Å². The normalized spacial score (nSPS) is 11.3. The van der Waals surface area contributed by atoms with Crippen molar-refractivity contribution >= 4 is 21.6 Å². The van der Waals surface area contributed by atoms with Crippen molar-refractivity contribution in [3.63, 3.8) is 0 Å². The lowest BCUT2D eigenvalue weighted by atomic mass is 10.1. The van der Waals surface area contributed by atoms with Crippen molar-refractivity contribution in [2.24, 2.45) is 0 Å². The zero-order chi connectivity index (χ0) is 21.6. The van der Waals surface area contributed by atoms with E-state index in [1.54, 1.807) is 12.1 Å².